The maximum Gasteiger partial charge on any atom is 0.523 e. The lowest BCUT2D eigenvalue weighted by Gasteiger charge is -2.29. The van der Waals surface area contributed by atoms with E-state index in [0.717, 1.165) is 25.7 Å². The third-order valence-corrected chi connectivity index (χ3v) is 7.85. The first-order chi connectivity index (χ1) is 20.8. The number of halogens is 3. The number of aromatic nitrogens is 3. The van der Waals surface area contributed by atoms with E-state index in [1.165, 1.54) is 0 Å². The molecule has 0 spiro atoms. The molecule has 0 bridgehead atoms. The molecule has 3 aliphatic carbocycles. The molecule has 11 heteroatoms. The van der Waals surface area contributed by atoms with Crippen LogP contribution in [0.4, 0.5) is 24.5 Å². The smallest absolute Gasteiger partial charge is 0.480 e. The van der Waals surface area contributed by atoms with Gasteiger partial charge in [0.15, 0.2) is 0 Å². The van der Waals surface area contributed by atoms with Crippen molar-refractivity contribution in [2.45, 2.75) is 56.7 Å². The summed E-state index contributed by atoms with van der Waals surface area (Å²) in [6.45, 7) is 0. The normalized spacial score (nSPS) is 21.3. The second kappa shape index (κ2) is 12.2. The zero-order valence-corrected chi connectivity index (χ0v) is 23.8. The fourth-order valence-corrected chi connectivity index (χ4v) is 5.81. The minimum Gasteiger partial charge on any atom is -0.480 e. The molecule has 0 amide bonds. The van der Waals surface area contributed by atoms with E-state index < -0.39 is 12.5 Å². The maximum atomic E-state index is 13.5. The average molecular weight is 592 g/mol. The fraction of sp³-hybridized carbons (Fsp3) is 0.344. The Hall–Kier alpha value is -4.22. The number of anilines is 2. The van der Waals surface area contributed by atoms with Gasteiger partial charge >= 0.3 is 6.36 Å². The Labute approximate surface area is 246 Å². The van der Waals surface area contributed by atoms with Gasteiger partial charge in [-0.3, -0.25) is 9.73 Å². The van der Waals surface area contributed by atoms with E-state index >= 15 is 0 Å². The van der Waals surface area contributed by atoms with Crippen LogP contribution in [0.2, 0.25) is 0 Å². The van der Waals surface area contributed by atoms with E-state index in [9.17, 15) is 13.2 Å². The molecule has 1 N–H and O–H groups in total. The molecular formula is C32H32F3N5O3. The second-order valence-corrected chi connectivity index (χ2v) is 10.6. The number of ether oxygens (including phenoxy) is 3. The molecule has 4 aliphatic rings. The standard InChI is InChI=1S/C32H32F3N5O3/c1-41-21-15-13-20(14-16-21)37-25-19-29-26(18-24(25)39-23-9-7-17-36-31(23)42-2)38-22-8-3-4-10-27(22)40(29)28-11-5-6-12-30(28)43-32(33,34)35/h3-11,17-21,30,39H,12-16H2,1-2H3/b37-25+. The number of fused-ring (bicyclic) bond motifs is 2. The van der Waals surface area contributed by atoms with Crippen molar-refractivity contribution in [1.82, 2.24) is 14.5 Å². The SMILES string of the molecule is COc1ncccc1Nc1cc2nc3ccccc3n(C3=CC=CCC3OC(F)(F)F)c-2c/c1=N\C1CCC(OC)CC1. The summed E-state index contributed by atoms with van der Waals surface area (Å²) in [6, 6.07) is 14.9. The van der Waals surface area contributed by atoms with Crippen LogP contribution in [0.1, 0.15) is 32.1 Å². The first-order valence-electron chi connectivity index (χ1n) is 14.2. The monoisotopic (exact) mass is 591 g/mol. The van der Waals surface area contributed by atoms with Gasteiger partial charge in [0.25, 0.3) is 0 Å². The molecule has 224 valence electrons. The topological polar surface area (TPSA) is 82.8 Å². The molecule has 1 aliphatic heterocycles. The average Bonchev–Trinajstić information content (AvgIpc) is 3.00. The summed E-state index contributed by atoms with van der Waals surface area (Å²) < 4.78 is 58.0. The number of nitrogens with zero attached hydrogens (tertiary/aromatic N) is 4. The van der Waals surface area contributed by atoms with Crippen molar-refractivity contribution < 1.29 is 27.4 Å². The number of para-hydroxylation sites is 2. The molecule has 43 heavy (non-hydrogen) atoms. The lowest BCUT2D eigenvalue weighted by molar-refractivity contribution is -0.334. The molecular weight excluding hydrogens is 559 g/mol. The van der Waals surface area contributed by atoms with Gasteiger partial charge in [-0.2, -0.15) is 0 Å². The van der Waals surface area contributed by atoms with Crippen LogP contribution >= 0.6 is 0 Å². The van der Waals surface area contributed by atoms with Gasteiger partial charge in [-0.05, 0) is 74.6 Å². The number of nitrogens with one attached hydrogen (secondary N) is 1. The van der Waals surface area contributed by atoms with Crippen LogP contribution in [0, 0.1) is 0 Å². The highest BCUT2D eigenvalue weighted by atomic mass is 19.4. The lowest BCUT2D eigenvalue weighted by atomic mass is 9.93. The number of hydrogen-bond acceptors (Lipinski definition) is 7. The number of methoxy groups -OCH3 is 2. The number of pyridine rings is 1. The molecule has 2 aromatic rings. The van der Waals surface area contributed by atoms with Crippen LogP contribution in [0.5, 0.6) is 5.88 Å². The molecule has 1 unspecified atom stereocenters. The van der Waals surface area contributed by atoms with Crippen molar-refractivity contribution in [3.8, 4) is 17.3 Å². The number of hydrogen-bond donors (Lipinski definition) is 1. The van der Waals surface area contributed by atoms with Gasteiger partial charge in [-0.15, -0.1) is 13.2 Å². The predicted molar refractivity (Wildman–Crippen MR) is 158 cm³/mol. The fourth-order valence-electron chi connectivity index (χ4n) is 5.81. The van der Waals surface area contributed by atoms with Gasteiger partial charge in [-0.1, -0.05) is 24.3 Å². The molecule has 6 rings (SSSR count). The Balaban J connectivity index is 1.57. The van der Waals surface area contributed by atoms with Crippen molar-refractivity contribution in [3.63, 3.8) is 0 Å². The molecule has 1 aromatic carbocycles. The summed E-state index contributed by atoms with van der Waals surface area (Å²) in [6.07, 6.45) is 4.54. The summed E-state index contributed by atoms with van der Waals surface area (Å²) in [5, 5.41) is 4.08. The number of rotatable bonds is 7. The molecule has 1 aromatic heterocycles. The van der Waals surface area contributed by atoms with E-state index in [2.05, 4.69) is 15.0 Å². The largest absolute Gasteiger partial charge is 0.523 e. The Morgan fingerprint density at radius 2 is 1.81 bits per heavy atom. The summed E-state index contributed by atoms with van der Waals surface area (Å²) in [4.78, 5) is 14.4. The molecule has 1 saturated carbocycles. The van der Waals surface area contributed by atoms with Crippen molar-refractivity contribution >= 4 is 28.1 Å². The Morgan fingerprint density at radius 1 is 1.00 bits per heavy atom. The van der Waals surface area contributed by atoms with E-state index in [-0.39, 0.29) is 18.6 Å². The van der Waals surface area contributed by atoms with Crippen molar-refractivity contribution in [1.29, 1.82) is 0 Å². The third kappa shape index (κ3) is 6.28. The van der Waals surface area contributed by atoms with E-state index in [0.29, 0.717) is 50.7 Å². The zero-order chi connectivity index (χ0) is 30.0. The minimum absolute atomic E-state index is 0.0557. The summed E-state index contributed by atoms with van der Waals surface area (Å²) in [7, 11) is 3.28. The van der Waals surface area contributed by atoms with Gasteiger partial charge in [0, 0.05) is 13.3 Å². The Bertz CT molecular complexity index is 1710. The van der Waals surface area contributed by atoms with Crippen LogP contribution in [0.3, 0.4) is 0 Å². The predicted octanol–water partition coefficient (Wildman–Crippen LogP) is 6.85. The van der Waals surface area contributed by atoms with Gasteiger partial charge in [0.1, 0.15) is 11.8 Å². The first kappa shape index (κ1) is 28.9. The van der Waals surface area contributed by atoms with Gasteiger partial charge in [0.05, 0.1) is 58.4 Å². The van der Waals surface area contributed by atoms with Gasteiger partial charge < -0.3 is 19.4 Å². The molecule has 1 atom stereocenters. The van der Waals surface area contributed by atoms with Crippen LogP contribution in [-0.4, -0.2) is 53.4 Å². The first-order valence-corrected chi connectivity index (χ1v) is 14.2. The molecule has 0 saturated heterocycles. The summed E-state index contributed by atoms with van der Waals surface area (Å²) in [5.41, 5.74) is 4.18. The number of alkyl halides is 3. The molecule has 1 fully saturated rings. The van der Waals surface area contributed by atoms with Crippen molar-refractivity contribution in [2.75, 3.05) is 19.5 Å². The van der Waals surface area contributed by atoms with Crippen LogP contribution < -0.4 is 15.4 Å². The summed E-state index contributed by atoms with van der Waals surface area (Å²) >= 11 is 0. The highest BCUT2D eigenvalue weighted by molar-refractivity contribution is 5.87. The highest BCUT2D eigenvalue weighted by Crippen LogP contribution is 2.36. The van der Waals surface area contributed by atoms with E-state index in [4.69, 9.17) is 19.5 Å². The van der Waals surface area contributed by atoms with Gasteiger partial charge in [0.2, 0.25) is 5.88 Å². The van der Waals surface area contributed by atoms with E-state index in [1.54, 1.807) is 44.7 Å². The van der Waals surface area contributed by atoms with Crippen LogP contribution in [0.15, 0.2) is 77.9 Å². The Kier molecular flexibility index (Phi) is 8.18. The van der Waals surface area contributed by atoms with Crippen molar-refractivity contribution in [2.24, 2.45) is 4.99 Å². The van der Waals surface area contributed by atoms with Crippen molar-refractivity contribution in [3.05, 3.63) is 78.3 Å². The zero-order valence-electron chi connectivity index (χ0n) is 23.8. The van der Waals surface area contributed by atoms with Crippen LogP contribution in [0.25, 0.3) is 28.1 Å². The molecule has 0 radical (unpaired) electrons. The van der Waals surface area contributed by atoms with Crippen LogP contribution in [-0.2, 0) is 9.47 Å². The molecule has 8 nitrogen and oxygen atoms in total. The second-order valence-electron chi connectivity index (χ2n) is 10.6. The lowest BCUT2D eigenvalue weighted by Crippen LogP contribution is -2.29. The third-order valence-electron chi connectivity index (χ3n) is 7.85. The number of benzene rings is 2. The quantitative estimate of drug-likeness (QED) is 0.237. The molecule has 2 heterocycles. The summed E-state index contributed by atoms with van der Waals surface area (Å²) in [5.74, 6) is 0.418. The van der Waals surface area contributed by atoms with Gasteiger partial charge in [-0.25, -0.2) is 9.97 Å². The van der Waals surface area contributed by atoms with E-state index in [1.807, 2.05) is 47.0 Å². The maximum absolute atomic E-state index is 13.5. The Morgan fingerprint density at radius 3 is 2.58 bits per heavy atom. The minimum atomic E-state index is -4.80. The highest BCUT2D eigenvalue weighted by Gasteiger charge is 2.36. The number of allylic oxidation sites excluding steroid dienone is 2.